The second-order valence-corrected chi connectivity index (χ2v) is 3.87. The van der Waals surface area contributed by atoms with Crippen molar-refractivity contribution >= 4 is 11.8 Å². The molecule has 4 nitrogen and oxygen atoms in total. The van der Waals surface area contributed by atoms with Crippen molar-refractivity contribution in [2.75, 3.05) is 12.9 Å². The van der Waals surface area contributed by atoms with Crippen molar-refractivity contribution < 1.29 is 4.74 Å². The van der Waals surface area contributed by atoms with Gasteiger partial charge in [0.2, 0.25) is 5.75 Å². The van der Waals surface area contributed by atoms with E-state index in [2.05, 4.69) is 16.9 Å². The van der Waals surface area contributed by atoms with Crippen LogP contribution in [0.3, 0.4) is 0 Å². The van der Waals surface area contributed by atoms with Crippen LogP contribution in [-0.4, -0.2) is 22.8 Å². The lowest BCUT2D eigenvalue weighted by Gasteiger charge is -2.00. The normalized spacial score (nSPS) is 10.1. The molecule has 1 N–H and O–H groups in total. The molecule has 0 bridgehead atoms. The maximum absolute atomic E-state index is 11.3. The van der Waals surface area contributed by atoms with Gasteiger partial charge in [0.25, 0.3) is 5.56 Å². The molecule has 0 aliphatic carbocycles. The van der Waals surface area contributed by atoms with E-state index in [9.17, 15) is 4.79 Å². The zero-order valence-corrected chi connectivity index (χ0v) is 9.19. The van der Waals surface area contributed by atoms with Gasteiger partial charge >= 0.3 is 0 Å². The van der Waals surface area contributed by atoms with Crippen molar-refractivity contribution in [3.63, 3.8) is 0 Å². The van der Waals surface area contributed by atoms with Crippen LogP contribution in [-0.2, 0) is 0 Å². The van der Waals surface area contributed by atoms with Gasteiger partial charge in [-0.15, -0.1) is 0 Å². The molecule has 0 amide bonds. The van der Waals surface area contributed by atoms with E-state index >= 15 is 0 Å². The van der Waals surface area contributed by atoms with Gasteiger partial charge in [0.1, 0.15) is 0 Å². The number of nitrogens with zero attached hydrogens (tertiary/aromatic N) is 1. The number of rotatable bonds is 5. The monoisotopic (exact) mass is 214 g/mol. The number of aromatic amines is 1. The van der Waals surface area contributed by atoms with Crippen molar-refractivity contribution in [2.24, 2.45) is 0 Å². The Balaban J connectivity index is 2.62. The topological polar surface area (TPSA) is 55.0 Å². The molecule has 0 saturated heterocycles. The number of hydrogen-bond donors (Lipinski definition) is 1. The third kappa shape index (κ3) is 3.06. The van der Waals surface area contributed by atoms with Crippen molar-refractivity contribution in [3.8, 4) is 5.75 Å². The highest BCUT2D eigenvalue weighted by atomic mass is 32.2. The molecule has 0 fully saturated rings. The van der Waals surface area contributed by atoms with Crippen LogP contribution in [0.1, 0.15) is 19.8 Å². The highest BCUT2D eigenvalue weighted by Crippen LogP contribution is 2.13. The number of hydrogen-bond acceptors (Lipinski definition) is 4. The summed E-state index contributed by atoms with van der Waals surface area (Å²) in [5.41, 5.74) is -0.221. The van der Waals surface area contributed by atoms with Gasteiger partial charge in [-0.3, -0.25) is 9.78 Å². The maximum Gasteiger partial charge on any atom is 0.293 e. The van der Waals surface area contributed by atoms with Crippen molar-refractivity contribution in [1.29, 1.82) is 0 Å². The van der Waals surface area contributed by atoms with Crippen LogP contribution >= 0.6 is 11.8 Å². The Bertz CT molecular complexity index is 338. The molecule has 0 aliphatic rings. The molecule has 0 aromatic carbocycles. The number of H-pyrrole nitrogens is 1. The Morgan fingerprint density at radius 3 is 3.00 bits per heavy atom. The van der Waals surface area contributed by atoms with E-state index in [4.69, 9.17) is 4.74 Å². The predicted molar refractivity (Wildman–Crippen MR) is 57.0 cm³/mol. The minimum atomic E-state index is -0.221. The molecule has 0 radical (unpaired) electrons. The average Bonchev–Trinajstić information content (AvgIpc) is 2.18. The van der Waals surface area contributed by atoms with E-state index in [-0.39, 0.29) is 11.3 Å². The average molecular weight is 214 g/mol. The lowest BCUT2D eigenvalue weighted by atomic mass is 10.4. The first-order chi connectivity index (χ1) is 6.77. The molecule has 1 aromatic heterocycles. The Labute approximate surface area is 87.1 Å². The minimum absolute atomic E-state index is 0.221. The molecule has 0 atom stereocenters. The minimum Gasteiger partial charge on any atom is -0.490 e. The molecular weight excluding hydrogens is 200 g/mol. The quantitative estimate of drug-likeness (QED) is 0.460. The van der Waals surface area contributed by atoms with Crippen LogP contribution in [0.2, 0.25) is 0 Å². The van der Waals surface area contributed by atoms with Gasteiger partial charge in [-0.05, 0) is 6.42 Å². The lowest BCUT2D eigenvalue weighted by molar-refractivity contribution is 0.404. The van der Waals surface area contributed by atoms with E-state index in [0.29, 0.717) is 5.16 Å². The van der Waals surface area contributed by atoms with Crippen LogP contribution in [0.25, 0.3) is 0 Å². The summed E-state index contributed by atoms with van der Waals surface area (Å²) >= 11 is 1.56. The lowest BCUT2D eigenvalue weighted by Crippen LogP contribution is -2.10. The summed E-state index contributed by atoms with van der Waals surface area (Å²) in [4.78, 5) is 18.0. The van der Waals surface area contributed by atoms with Gasteiger partial charge in [-0.1, -0.05) is 25.1 Å². The summed E-state index contributed by atoms with van der Waals surface area (Å²) in [5, 5.41) is 0.657. The number of thioether (sulfide) groups is 1. The first-order valence-electron chi connectivity index (χ1n) is 4.54. The second-order valence-electron chi connectivity index (χ2n) is 2.79. The van der Waals surface area contributed by atoms with Crippen LogP contribution in [0.15, 0.2) is 16.1 Å². The van der Waals surface area contributed by atoms with Gasteiger partial charge in [0.15, 0.2) is 5.16 Å². The van der Waals surface area contributed by atoms with Gasteiger partial charge < -0.3 is 4.74 Å². The fourth-order valence-corrected chi connectivity index (χ4v) is 1.82. The standard InChI is InChI=1S/C9H14N2O2S/c1-3-4-5-14-9-10-6-7(13-2)8(12)11-9/h6H,3-5H2,1-2H3,(H,10,11,12). The van der Waals surface area contributed by atoms with E-state index in [1.165, 1.54) is 13.3 Å². The van der Waals surface area contributed by atoms with Gasteiger partial charge in [-0.2, -0.15) is 0 Å². The van der Waals surface area contributed by atoms with Crippen LogP contribution in [0, 0.1) is 0 Å². The summed E-state index contributed by atoms with van der Waals surface area (Å²) < 4.78 is 4.81. The highest BCUT2D eigenvalue weighted by Gasteiger charge is 2.01. The Morgan fingerprint density at radius 2 is 2.43 bits per heavy atom. The molecular formula is C9H14N2O2S. The van der Waals surface area contributed by atoms with E-state index in [1.54, 1.807) is 11.8 Å². The summed E-state index contributed by atoms with van der Waals surface area (Å²) in [6.07, 6.45) is 3.72. The predicted octanol–water partition coefficient (Wildman–Crippen LogP) is 1.67. The fraction of sp³-hybridized carbons (Fsp3) is 0.556. The third-order valence-corrected chi connectivity index (χ3v) is 2.67. The number of aromatic nitrogens is 2. The number of ether oxygens (including phenoxy) is 1. The largest absolute Gasteiger partial charge is 0.490 e. The Morgan fingerprint density at radius 1 is 1.64 bits per heavy atom. The SMILES string of the molecule is CCCCSc1ncc(OC)c(=O)[nH]1. The molecule has 78 valence electrons. The molecule has 0 saturated carbocycles. The fourth-order valence-electron chi connectivity index (χ4n) is 0.899. The summed E-state index contributed by atoms with van der Waals surface area (Å²) in [6, 6.07) is 0. The molecule has 1 rings (SSSR count). The first-order valence-corrected chi connectivity index (χ1v) is 5.52. The van der Waals surface area contributed by atoms with Crippen LogP contribution in [0.4, 0.5) is 0 Å². The van der Waals surface area contributed by atoms with Crippen LogP contribution < -0.4 is 10.3 Å². The van der Waals surface area contributed by atoms with E-state index in [0.717, 1.165) is 18.6 Å². The number of unbranched alkanes of at least 4 members (excludes halogenated alkanes) is 1. The van der Waals surface area contributed by atoms with Gasteiger partial charge in [-0.25, -0.2) is 4.98 Å². The molecule has 5 heteroatoms. The van der Waals surface area contributed by atoms with Crippen molar-refractivity contribution in [2.45, 2.75) is 24.9 Å². The van der Waals surface area contributed by atoms with E-state index in [1.807, 2.05) is 0 Å². The molecule has 1 heterocycles. The smallest absolute Gasteiger partial charge is 0.293 e. The zero-order chi connectivity index (χ0) is 10.4. The summed E-state index contributed by atoms with van der Waals surface area (Å²) in [5.74, 6) is 1.23. The molecule has 0 aliphatic heterocycles. The van der Waals surface area contributed by atoms with Crippen molar-refractivity contribution in [3.05, 3.63) is 16.6 Å². The van der Waals surface area contributed by atoms with Gasteiger partial charge in [0, 0.05) is 5.75 Å². The molecule has 0 unspecified atom stereocenters. The first kappa shape index (κ1) is 11.1. The maximum atomic E-state index is 11.3. The van der Waals surface area contributed by atoms with E-state index < -0.39 is 0 Å². The number of methoxy groups -OCH3 is 1. The molecule has 14 heavy (non-hydrogen) atoms. The Kier molecular flexibility index (Phi) is 4.52. The Hall–Kier alpha value is -0.970. The summed E-state index contributed by atoms with van der Waals surface area (Å²) in [7, 11) is 1.45. The molecule has 0 spiro atoms. The third-order valence-electron chi connectivity index (χ3n) is 1.70. The van der Waals surface area contributed by atoms with Gasteiger partial charge in [0.05, 0.1) is 13.3 Å². The second kappa shape index (κ2) is 5.70. The summed E-state index contributed by atoms with van der Waals surface area (Å²) in [6.45, 7) is 2.13. The van der Waals surface area contributed by atoms with Crippen molar-refractivity contribution in [1.82, 2.24) is 9.97 Å². The number of nitrogens with one attached hydrogen (secondary N) is 1. The zero-order valence-electron chi connectivity index (χ0n) is 8.37. The van der Waals surface area contributed by atoms with Crippen LogP contribution in [0.5, 0.6) is 5.75 Å². The molecule has 1 aromatic rings. The highest BCUT2D eigenvalue weighted by molar-refractivity contribution is 7.99.